The number of rotatable bonds is 5. The zero-order valence-corrected chi connectivity index (χ0v) is 15.9. The van der Waals surface area contributed by atoms with Gasteiger partial charge in [0.2, 0.25) is 5.91 Å². The Hall–Kier alpha value is -1.86. The molecule has 136 valence electrons. The minimum Gasteiger partial charge on any atom is -0.381 e. The molecule has 1 aliphatic heterocycles. The van der Waals surface area contributed by atoms with Gasteiger partial charge in [-0.05, 0) is 20.3 Å². The molecule has 1 fully saturated rings. The summed E-state index contributed by atoms with van der Waals surface area (Å²) in [6, 6.07) is 0. The van der Waals surface area contributed by atoms with E-state index < -0.39 is 0 Å². The lowest BCUT2D eigenvalue weighted by molar-refractivity contribution is -0.136. The third-order valence-electron chi connectivity index (χ3n) is 4.79. The first kappa shape index (κ1) is 17.9. The second kappa shape index (κ2) is 7.17. The third kappa shape index (κ3) is 3.72. The van der Waals surface area contributed by atoms with Gasteiger partial charge in [-0.3, -0.25) is 14.2 Å². The first-order chi connectivity index (χ1) is 11.9. The van der Waals surface area contributed by atoms with Crippen molar-refractivity contribution < 1.29 is 9.53 Å². The van der Waals surface area contributed by atoms with Crippen molar-refractivity contribution in [3.05, 3.63) is 33.9 Å². The van der Waals surface area contributed by atoms with E-state index >= 15 is 0 Å². The maximum Gasteiger partial charge on any atom is 0.228 e. The number of amides is 1. The van der Waals surface area contributed by atoms with Crippen LogP contribution in [0.3, 0.4) is 0 Å². The van der Waals surface area contributed by atoms with Gasteiger partial charge in [0.05, 0.1) is 29.8 Å². The SMILES string of the molecule is Cc1nn(C)c(C)c1CN(Cc1nn(C)cc1Cl)C(=O)[C@@H]1CCOC1. The fraction of sp³-hybridized carbons (Fsp3) is 0.588. The van der Waals surface area contributed by atoms with E-state index in [4.69, 9.17) is 16.3 Å². The number of aromatic nitrogens is 4. The van der Waals surface area contributed by atoms with Crippen molar-refractivity contribution in [2.45, 2.75) is 33.4 Å². The van der Waals surface area contributed by atoms with Gasteiger partial charge in [0.15, 0.2) is 0 Å². The molecule has 25 heavy (non-hydrogen) atoms. The van der Waals surface area contributed by atoms with Gasteiger partial charge in [0, 0.05) is 44.7 Å². The molecular weight excluding hydrogens is 342 g/mol. The van der Waals surface area contributed by atoms with Crippen LogP contribution in [-0.2, 0) is 36.7 Å². The number of ether oxygens (including phenoxy) is 1. The summed E-state index contributed by atoms with van der Waals surface area (Å²) in [5, 5.41) is 9.42. The van der Waals surface area contributed by atoms with Crippen molar-refractivity contribution in [3.63, 3.8) is 0 Å². The van der Waals surface area contributed by atoms with E-state index in [9.17, 15) is 4.79 Å². The number of carbonyl (C=O) groups is 1. The first-order valence-electron chi connectivity index (χ1n) is 8.40. The maximum atomic E-state index is 13.0. The molecule has 1 amide bonds. The molecular formula is C17H24ClN5O2. The van der Waals surface area contributed by atoms with Crippen LogP contribution < -0.4 is 0 Å². The van der Waals surface area contributed by atoms with Crippen LogP contribution in [0, 0.1) is 19.8 Å². The van der Waals surface area contributed by atoms with E-state index in [-0.39, 0.29) is 11.8 Å². The predicted molar refractivity (Wildman–Crippen MR) is 94.1 cm³/mol. The Labute approximate surface area is 152 Å². The van der Waals surface area contributed by atoms with Crippen molar-refractivity contribution in [3.8, 4) is 0 Å². The lowest BCUT2D eigenvalue weighted by Gasteiger charge is -2.25. The molecule has 2 aromatic heterocycles. The number of aryl methyl sites for hydroxylation is 3. The van der Waals surface area contributed by atoms with Crippen molar-refractivity contribution >= 4 is 17.5 Å². The average molecular weight is 366 g/mol. The van der Waals surface area contributed by atoms with Gasteiger partial charge in [-0.15, -0.1) is 0 Å². The molecule has 0 N–H and O–H groups in total. The monoisotopic (exact) mass is 365 g/mol. The smallest absolute Gasteiger partial charge is 0.228 e. The maximum absolute atomic E-state index is 13.0. The summed E-state index contributed by atoms with van der Waals surface area (Å²) in [6.07, 6.45) is 2.51. The molecule has 0 unspecified atom stereocenters. The molecule has 3 rings (SSSR count). The van der Waals surface area contributed by atoms with Crippen molar-refractivity contribution in [2.75, 3.05) is 13.2 Å². The molecule has 2 aromatic rings. The molecule has 1 atom stereocenters. The van der Waals surface area contributed by atoms with E-state index in [1.807, 2.05) is 37.5 Å². The quantitative estimate of drug-likeness (QED) is 0.812. The van der Waals surface area contributed by atoms with E-state index in [2.05, 4.69) is 10.2 Å². The zero-order valence-electron chi connectivity index (χ0n) is 15.1. The van der Waals surface area contributed by atoms with E-state index in [0.717, 1.165) is 23.4 Å². The van der Waals surface area contributed by atoms with Gasteiger partial charge in [0.25, 0.3) is 0 Å². The van der Waals surface area contributed by atoms with Crippen LogP contribution in [0.25, 0.3) is 0 Å². The van der Waals surface area contributed by atoms with E-state index in [0.29, 0.717) is 37.0 Å². The number of nitrogens with zero attached hydrogens (tertiary/aromatic N) is 5. The van der Waals surface area contributed by atoms with Gasteiger partial charge in [-0.1, -0.05) is 11.6 Å². The Morgan fingerprint density at radius 2 is 2.12 bits per heavy atom. The van der Waals surface area contributed by atoms with Gasteiger partial charge in [-0.25, -0.2) is 0 Å². The molecule has 7 nitrogen and oxygen atoms in total. The predicted octanol–water partition coefficient (Wildman–Crippen LogP) is 1.99. The summed E-state index contributed by atoms with van der Waals surface area (Å²) in [6.45, 7) is 5.98. The van der Waals surface area contributed by atoms with E-state index in [1.54, 1.807) is 10.9 Å². The third-order valence-corrected chi connectivity index (χ3v) is 5.11. The van der Waals surface area contributed by atoms with Gasteiger partial charge in [0.1, 0.15) is 5.69 Å². The van der Waals surface area contributed by atoms with Crippen LogP contribution in [0.2, 0.25) is 5.02 Å². The second-order valence-electron chi connectivity index (χ2n) is 6.63. The highest BCUT2D eigenvalue weighted by Gasteiger charge is 2.30. The topological polar surface area (TPSA) is 65.2 Å². The fourth-order valence-electron chi connectivity index (χ4n) is 3.23. The molecule has 3 heterocycles. The Kier molecular flexibility index (Phi) is 5.15. The molecule has 0 bridgehead atoms. The Balaban J connectivity index is 1.88. The molecule has 0 spiro atoms. The van der Waals surface area contributed by atoms with E-state index in [1.165, 1.54) is 0 Å². The van der Waals surface area contributed by atoms with Gasteiger partial charge >= 0.3 is 0 Å². The molecule has 1 saturated heterocycles. The zero-order chi connectivity index (χ0) is 18.1. The minimum absolute atomic E-state index is 0.0851. The summed E-state index contributed by atoms with van der Waals surface area (Å²) in [5.41, 5.74) is 3.77. The molecule has 8 heteroatoms. The van der Waals surface area contributed by atoms with Crippen LogP contribution in [0.5, 0.6) is 0 Å². The Morgan fingerprint density at radius 3 is 2.64 bits per heavy atom. The van der Waals surface area contributed by atoms with Crippen molar-refractivity contribution in [1.82, 2.24) is 24.5 Å². The molecule has 0 radical (unpaired) electrons. The second-order valence-corrected chi connectivity index (χ2v) is 7.03. The van der Waals surface area contributed by atoms with Crippen LogP contribution in [-0.4, -0.2) is 43.6 Å². The lowest BCUT2D eigenvalue weighted by atomic mass is 10.1. The highest BCUT2D eigenvalue weighted by atomic mass is 35.5. The minimum atomic E-state index is -0.0974. The van der Waals surface area contributed by atoms with Gasteiger partial charge in [-0.2, -0.15) is 10.2 Å². The van der Waals surface area contributed by atoms with Crippen molar-refractivity contribution in [1.29, 1.82) is 0 Å². The van der Waals surface area contributed by atoms with Crippen LogP contribution in [0.4, 0.5) is 0 Å². The summed E-state index contributed by atoms with van der Waals surface area (Å²) < 4.78 is 8.91. The van der Waals surface area contributed by atoms with Crippen LogP contribution >= 0.6 is 11.6 Å². The first-order valence-corrected chi connectivity index (χ1v) is 8.78. The molecule has 1 aliphatic rings. The normalized spacial score (nSPS) is 17.2. The number of hydrogen-bond donors (Lipinski definition) is 0. The highest BCUT2D eigenvalue weighted by Crippen LogP contribution is 2.23. The van der Waals surface area contributed by atoms with Gasteiger partial charge < -0.3 is 9.64 Å². The van der Waals surface area contributed by atoms with Crippen LogP contribution in [0.1, 0.15) is 29.1 Å². The Bertz CT molecular complexity index is 776. The summed E-state index contributed by atoms with van der Waals surface area (Å²) in [5.74, 6) is -0.0124. The fourth-order valence-corrected chi connectivity index (χ4v) is 3.47. The lowest BCUT2D eigenvalue weighted by Crippen LogP contribution is -2.36. The number of carbonyl (C=O) groups excluding carboxylic acids is 1. The standard InChI is InChI=1S/C17H24ClN5O2/c1-11-14(12(2)22(4)19-11)7-23(17(24)13-5-6-25-10-13)9-16-15(18)8-21(3)20-16/h8,13H,5-7,9-10H2,1-4H3/t13-/m1/s1. The molecule has 0 aromatic carbocycles. The number of halogens is 1. The summed E-state index contributed by atoms with van der Waals surface area (Å²) in [7, 11) is 3.74. The molecule has 0 saturated carbocycles. The summed E-state index contributed by atoms with van der Waals surface area (Å²) >= 11 is 6.26. The van der Waals surface area contributed by atoms with Crippen LogP contribution in [0.15, 0.2) is 6.20 Å². The molecule has 0 aliphatic carbocycles. The highest BCUT2D eigenvalue weighted by molar-refractivity contribution is 6.31. The largest absolute Gasteiger partial charge is 0.381 e. The Morgan fingerprint density at radius 1 is 1.36 bits per heavy atom. The van der Waals surface area contributed by atoms with Crippen molar-refractivity contribution in [2.24, 2.45) is 20.0 Å². The average Bonchev–Trinajstić information content (AvgIpc) is 3.24. The number of hydrogen-bond acceptors (Lipinski definition) is 4. The summed E-state index contributed by atoms with van der Waals surface area (Å²) in [4.78, 5) is 14.9.